The number of halogens is 2. The topological polar surface area (TPSA) is 88.0 Å². The van der Waals surface area contributed by atoms with Crippen molar-refractivity contribution in [1.82, 2.24) is 5.43 Å². The quantitative estimate of drug-likeness (QED) is 0.241. The van der Waals surface area contributed by atoms with Crippen molar-refractivity contribution in [3.8, 4) is 11.5 Å². The summed E-state index contributed by atoms with van der Waals surface area (Å²) in [7, 11) is 0. The van der Waals surface area contributed by atoms with Gasteiger partial charge in [0.1, 0.15) is 11.5 Å². The van der Waals surface area contributed by atoms with E-state index in [0.29, 0.717) is 16.1 Å². The van der Waals surface area contributed by atoms with E-state index in [0.717, 1.165) is 4.47 Å². The number of nitrogens with one attached hydrogen (secondary N) is 1. The highest BCUT2D eigenvalue weighted by Gasteiger charge is 2.12. The molecule has 6 nitrogen and oxygen atoms in total. The maximum Gasteiger partial charge on any atom is 0.343 e. The van der Waals surface area contributed by atoms with Crippen molar-refractivity contribution in [3.05, 3.63) is 92.9 Å². The SMILES string of the molecule is O=C(Oc1ccc(Br)cc1/C=N\NC(=O)c1ccccc1O)c1ccc(Cl)cc1. The van der Waals surface area contributed by atoms with Gasteiger partial charge in [0.25, 0.3) is 5.91 Å². The molecule has 29 heavy (non-hydrogen) atoms. The number of phenolic OH excluding ortho intramolecular Hbond substituents is 1. The number of aromatic hydroxyl groups is 1. The summed E-state index contributed by atoms with van der Waals surface area (Å²) in [4.78, 5) is 24.5. The zero-order valence-electron chi connectivity index (χ0n) is 14.8. The van der Waals surface area contributed by atoms with Gasteiger partial charge in [-0.15, -0.1) is 0 Å². The summed E-state index contributed by atoms with van der Waals surface area (Å²) in [6.07, 6.45) is 1.34. The van der Waals surface area contributed by atoms with E-state index in [-0.39, 0.29) is 17.1 Å². The second-order valence-electron chi connectivity index (χ2n) is 5.79. The van der Waals surface area contributed by atoms with E-state index in [1.807, 2.05) is 0 Å². The Labute approximate surface area is 179 Å². The lowest BCUT2D eigenvalue weighted by Crippen LogP contribution is -2.17. The van der Waals surface area contributed by atoms with Crippen molar-refractivity contribution in [2.45, 2.75) is 0 Å². The number of carbonyl (C=O) groups excluding carboxylic acids is 2. The number of hydrogen-bond donors (Lipinski definition) is 2. The van der Waals surface area contributed by atoms with E-state index in [9.17, 15) is 14.7 Å². The van der Waals surface area contributed by atoms with Crippen LogP contribution in [0.2, 0.25) is 5.02 Å². The Morgan fingerprint density at radius 2 is 1.79 bits per heavy atom. The predicted octanol–water partition coefficient (Wildman–Crippen LogP) is 4.79. The average molecular weight is 474 g/mol. The molecule has 3 aromatic carbocycles. The molecule has 1 amide bonds. The van der Waals surface area contributed by atoms with E-state index < -0.39 is 11.9 Å². The van der Waals surface area contributed by atoms with Gasteiger partial charge in [-0.05, 0) is 54.6 Å². The fourth-order valence-electron chi connectivity index (χ4n) is 2.34. The third-order valence-corrected chi connectivity index (χ3v) is 4.52. The number of para-hydroxylation sites is 1. The maximum atomic E-state index is 12.3. The number of rotatable bonds is 5. The molecular formula is C21H14BrClN2O4. The number of hydrogen-bond acceptors (Lipinski definition) is 5. The van der Waals surface area contributed by atoms with E-state index >= 15 is 0 Å². The molecule has 0 fully saturated rings. The number of carbonyl (C=O) groups is 2. The Hall–Kier alpha value is -3.16. The van der Waals surface area contributed by atoms with Crippen LogP contribution in [0.4, 0.5) is 0 Å². The van der Waals surface area contributed by atoms with Crippen molar-refractivity contribution in [2.24, 2.45) is 5.10 Å². The van der Waals surface area contributed by atoms with Crippen LogP contribution in [-0.4, -0.2) is 23.2 Å². The van der Waals surface area contributed by atoms with E-state index in [1.165, 1.54) is 18.3 Å². The molecule has 0 heterocycles. The molecular weight excluding hydrogens is 460 g/mol. The van der Waals surface area contributed by atoms with Crippen LogP contribution < -0.4 is 10.2 Å². The van der Waals surface area contributed by atoms with Gasteiger partial charge in [-0.1, -0.05) is 39.7 Å². The summed E-state index contributed by atoms with van der Waals surface area (Å²) in [6.45, 7) is 0. The van der Waals surface area contributed by atoms with E-state index in [2.05, 4.69) is 26.5 Å². The standard InChI is InChI=1S/C21H14BrClN2O4/c22-15-7-10-19(29-21(28)13-5-8-16(23)9-6-13)14(11-15)12-24-25-20(27)17-3-1-2-4-18(17)26/h1-12,26H,(H,25,27)/b24-12-. The molecule has 0 spiro atoms. The molecule has 3 rings (SSSR count). The average Bonchev–Trinajstić information content (AvgIpc) is 2.70. The largest absolute Gasteiger partial charge is 0.507 e. The Bertz CT molecular complexity index is 1080. The van der Waals surface area contributed by atoms with Gasteiger partial charge < -0.3 is 9.84 Å². The van der Waals surface area contributed by atoms with Gasteiger partial charge >= 0.3 is 5.97 Å². The molecule has 0 radical (unpaired) electrons. The lowest BCUT2D eigenvalue weighted by molar-refractivity contribution is 0.0734. The first-order chi connectivity index (χ1) is 13.9. The fraction of sp³-hybridized carbons (Fsp3) is 0. The van der Waals surface area contributed by atoms with Gasteiger partial charge in [-0.3, -0.25) is 4.79 Å². The van der Waals surface area contributed by atoms with Crippen molar-refractivity contribution in [1.29, 1.82) is 0 Å². The maximum absolute atomic E-state index is 12.3. The Morgan fingerprint density at radius 1 is 1.07 bits per heavy atom. The molecule has 8 heteroatoms. The highest BCUT2D eigenvalue weighted by Crippen LogP contribution is 2.23. The molecule has 0 unspecified atom stereocenters. The minimum absolute atomic E-state index is 0.0910. The minimum Gasteiger partial charge on any atom is -0.507 e. The lowest BCUT2D eigenvalue weighted by Gasteiger charge is -2.08. The summed E-state index contributed by atoms with van der Waals surface area (Å²) < 4.78 is 6.17. The van der Waals surface area contributed by atoms with Crippen molar-refractivity contribution < 1.29 is 19.4 Å². The monoisotopic (exact) mass is 472 g/mol. The van der Waals surface area contributed by atoms with Crippen LogP contribution in [0.5, 0.6) is 11.5 Å². The Balaban J connectivity index is 1.75. The molecule has 0 aliphatic carbocycles. The highest BCUT2D eigenvalue weighted by atomic mass is 79.9. The third-order valence-electron chi connectivity index (χ3n) is 3.77. The van der Waals surface area contributed by atoms with Crippen molar-refractivity contribution in [3.63, 3.8) is 0 Å². The first-order valence-electron chi connectivity index (χ1n) is 8.33. The molecule has 146 valence electrons. The van der Waals surface area contributed by atoms with Gasteiger partial charge in [-0.25, -0.2) is 10.2 Å². The minimum atomic E-state index is -0.575. The van der Waals surface area contributed by atoms with Crippen LogP contribution in [0.3, 0.4) is 0 Å². The van der Waals surface area contributed by atoms with Gasteiger partial charge in [0.2, 0.25) is 0 Å². The first kappa shape index (κ1) is 20.6. The van der Waals surface area contributed by atoms with Crippen LogP contribution in [0.1, 0.15) is 26.3 Å². The molecule has 0 bridgehead atoms. The predicted molar refractivity (Wildman–Crippen MR) is 114 cm³/mol. The summed E-state index contributed by atoms with van der Waals surface area (Å²) in [6, 6.07) is 17.4. The van der Waals surface area contributed by atoms with Crippen LogP contribution in [-0.2, 0) is 0 Å². The van der Waals surface area contributed by atoms with Gasteiger partial charge in [0.15, 0.2) is 0 Å². The molecule has 0 aromatic heterocycles. The molecule has 3 aromatic rings. The second kappa shape index (κ2) is 9.36. The smallest absolute Gasteiger partial charge is 0.343 e. The molecule has 0 saturated carbocycles. The number of phenols is 1. The zero-order chi connectivity index (χ0) is 20.8. The van der Waals surface area contributed by atoms with Crippen LogP contribution >= 0.6 is 27.5 Å². The van der Waals surface area contributed by atoms with Crippen molar-refractivity contribution in [2.75, 3.05) is 0 Å². The second-order valence-corrected chi connectivity index (χ2v) is 7.15. The Kier molecular flexibility index (Phi) is 6.64. The molecule has 0 aliphatic rings. The molecule has 0 atom stereocenters. The third kappa shape index (κ3) is 5.43. The number of ether oxygens (including phenoxy) is 1. The fourth-order valence-corrected chi connectivity index (χ4v) is 2.85. The van der Waals surface area contributed by atoms with Gasteiger partial charge in [0, 0.05) is 15.1 Å². The normalized spacial score (nSPS) is 10.7. The summed E-state index contributed by atoms with van der Waals surface area (Å²) in [5, 5.41) is 14.1. The van der Waals surface area contributed by atoms with Gasteiger partial charge in [-0.2, -0.15) is 5.10 Å². The summed E-state index contributed by atoms with van der Waals surface area (Å²) >= 11 is 9.18. The number of esters is 1. The van der Waals surface area contributed by atoms with Crippen LogP contribution in [0.15, 0.2) is 76.3 Å². The lowest BCUT2D eigenvalue weighted by atomic mass is 10.2. The Morgan fingerprint density at radius 3 is 2.52 bits per heavy atom. The highest BCUT2D eigenvalue weighted by molar-refractivity contribution is 9.10. The number of hydrazone groups is 1. The summed E-state index contributed by atoms with van der Waals surface area (Å²) in [5.41, 5.74) is 3.22. The number of benzene rings is 3. The molecule has 0 saturated heterocycles. The van der Waals surface area contributed by atoms with Crippen molar-refractivity contribution >= 4 is 45.6 Å². The number of amides is 1. The summed E-state index contributed by atoms with van der Waals surface area (Å²) in [5.74, 6) is -1.03. The van der Waals surface area contributed by atoms with Crippen LogP contribution in [0.25, 0.3) is 0 Å². The molecule has 2 N–H and O–H groups in total. The van der Waals surface area contributed by atoms with Gasteiger partial charge in [0.05, 0.1) is 17.3 Å². The first-order valence-corrected chi connectivity index (χ1v) is 9.50. The molecule has 0 aliphatic heterocycles. The van der Waals surface area contributed by atoms with E-state index in [1.54, 1.807) is 54.6 Å². The zero-order valence-corrected chi connectivity index (χ0v) is 17.1. The number of nitrogens with zero attached hydrogens (tertiary/aromatic N) is 1. The van der Waals surface area contributed by atoms with E-state index in [4.69, 9.17) is 16.3 Å². The van der Waals surface area contributed by atoms with Crippen LogP contribution in [0, 0.1) is 0 Å².